The first-order valence-corrected chi connectivity index (χ1v) is 6.77. The van der Waals surface area contributed by atoms with Gasteiger partial charge >= 0.3 is 0 Å². The van der Waals surface area contributed by atoms with Crippen LogP contribution in [0.2, 0.25) is 0 Å². The third-order valence-corrected chi connectivity index (χ3v) is 3.81. The lowest BCUT2D eigenvalue weighted by atomic mass is 10.5. The van der Waals surface area contributed by atoms with Gasteiger partial charge in [0.1, 0.15) is 0 Å². The van der Waals surface area contributed by atoms with Crippen LogP contribution in [0.1, 0.15) is 4.88 Å². The van der Waals surface area contributed by atoms with E-state index in [-0.39, 0.29) is 0 Å². The fourth-order valence-electron chi connectivity index (χ4n) is 1.53. The molecule has 3 aromatic rings. The predicted octanol–water partition coefficient (Wildman–Crippen LogP) is 3.17. The van der Waals surface area contributed by atoms with Crippen LogP contribution in [0.25, 0.3) is 5.65 Å². The van der Waals surface area contributed by atoms with E-state index in [1.807, 2.05) is 24.4 Å². The van der Waals surface area contributed by atoms with Crippen molar-refractivity contribution >= 4 is 38.9 Å². The molecule has 0 aliphatic carbocycles. The van der Waals surface area contributed by atoms with Crippen molar-refractivity contribution in [3.63, 3.8) is 0 Å². The molecular weight excluding hydrogens is 300 g/mol. The molecule has 86 valence electrons. The molecule has 0 amide bonds. The van der Waals surface area contributed by atoms with Crippen molar-refractivity contribution in [3.05, 3.63) is 45.2 Å². The minimum absolute atomic E-state index is 0.644. The van der Waals surface area contributed by atoms with Crippen LogP contribution in [-0.2, 0) is 6.54 Å². The number of hydrogen-bond donors (Lipinski definition) is 1. The lowest BCUT2D eigenvalue weighted by Crippen LogP contribution is -1.99. The topological polar surface area (TPSA) is 42.2 Å². The highest BCUT2D eigenvalue weighted by atomic mass is 79.9. The Morgan fingerprint density at radius 1 is 1.35 bits per heavy atom. The molecule has 0 spiro atoms. The molecule has 4 nitrogen and oxygen atoms in total. The van der Waals surface area contributed by atoms with Gasteiger partial charge in [-0.3, -0.25) is 0 Å². The van der Waals surface area contributed by atoms with Crippen LogP contribution in [0.15, 0.2) is 40.3 Å². The number of pyridine rings is 1. The number of halogens is 1. The minimum Gasteiger partial charge on any atom is -0.348 e. The Balaban J connectivity index is 1.84. The van der Waals surface area contributed by atoms with Crippen molar-refractivity contribution in [2.75, 3.05) is 5.32 Å². The molecule has 1 N–H and O–H groups in total. The van der Waals surface area contributed by atoms with E-state index in [2.05, 4.69) is 42.8 Å². The van der Waals surface area contributed by atoms with E-state index in [1.165, 1.54) is 4.88 Å². The van der Waals surface area contributed by atoms with E-state index in [0.717, 1.165) is 16.7 Å². The van der Waals surface area contributed by atoms with Crippen LogP contribution >= 0.6 is 27.3 Å². The van der Waals surface area contributed by atoms with Gasteiger partial charge in [0.05, 0.1) is 11.0 Å². The fraction of sp³-hybridized carbons (Fsp3) is 0.0909. The monoisotopic (exact) mass is 308 g/mol. The summed E-state index contributed by atoms with van der Waals surface area (Å²) in [4.78, 5) is 5.68. The maximum atomic E-state index is 4.41. The van der Waals surface area contributed by atoms with Gasteiger partial charge in [-0.15, -0.1) is 16.4 Å². The third-order valence-electron chi connectivity index (χ3n) is 2.32. The highest BCUT2D eigenvalue weighted by Gasteiger charge is 2.05. The van der Waals surface area contributed by atoms with Crippen molar-refractivity contribution in [3.8, 4) is 0 Å². The van der Waals surface area contributed by atoms with E-state index in [4.69, 9.17) is 0 Å². The van der Waals surface area contributed by atoms with Gasteiger partial charge in [0, 0.05) is 11.1 Å². The van der Waals surface area contributed by atoms with Gasteiger partial charge in [0.25, 0.3) is 0 Å². The minimum atomic E-state index is 0.644. The average Bonchev–Trinajstić information content (AvgIpc) is 2.95. The van der Waals surface area contributed by atoms with Gasteiger partial charge < -0.3 is 5.32 Å². The van der Waals surface area contributed by atoms with E-state index >= 15 is 0 Å². The molecule has 3 heterocycles. The zero-order valence-corrected chi connectivity index (χ0v) is 11.2. The second-order valence-electron chi connectivity index (χ2n) is 3.49. The van der Waals surface area contributed by atoms with Crippen molar-refractivity contribution < 1.29 is 0 Å². The van der Waals surface area contributed by atoms with Gasteiger partial charge in [0.2, 0.25) is 5.95 Å². The first-order chi connectivity index (χ1) is 8.33. The number of nitrogens with one attached hydrogen (secondary N) is 1. The standard InChI is InChI=1S/C11H9BrN4S/c12-9-4-1-5-16-10(9)14-11(15-16)13-7-8-3-2-6-17-8/h1-6H,7H2,(H,13,15). The summed E-state index contributed by atoms with van der Waals surface area (Å²) in [6.07, 6.45) is 1.88. The number of hydrogen-bond acceptors (Lipinski definition) is 4. The van der Waals surface area contributed by atoms with E-state index < -0.39 is 0 Å². The Kier molecular flexibility index (Phi) is 2.82. The highest BCUT2D eigenvalue weighted by molar-refractivity contribution is 9.10. The molecule has 0 bridgehead atoms. The normalized spacial score (nSPS) is 10.9. The molecule has 3 aromatic heterocycles. The molecule has 0 aliphatic rings. The maximum absolute atomic E-state index is 4.41. The first-order valence-electron chi connectivity index (χ1n) is 5.10. The maximum Gasteiger partial charge on any atom is 0.243 e. The molecule has 0 radical (unpaired) electrons. The van der Waals surface area contributed by atoms with Crippen LogP contribution in [0.4, 0.5) is 5.95 Å². The smallest absolute Gasteiger partial charge is 0.243 e. The summed E-state index contributed by atoms with van der Waals surface area (Å²) in [5.74, 6) is 0.644. The fourth-order valence-corrected chi connectivity index (χ4v) is 2.60. The third kappa shape index (κ3) is 2.18. The molecule has 0 aliphatic heterocycles. The summed E-state index contributed by atoms with van der Waals surface area (Å²) < 4.78 is 2.69. The van der Waals surface area contributed by atoms with Crippen LogP contribution < -0.4 is 5.32 Å². The molecular formula is C11H9BrN4S. The SMILES string of the molecule is Brc1cccn2nc(NCc3cccs3)nc12. The summed E-state index contributed by atoms with van der Waals surface area (Å²) >= 11 is 5.17. The lowest BCUT2D eigenvalue weighted by Gasteiger charge is -1.96. The Morgan fingerprint density at radius 3 is 3.06 bits per heavy atom. The molecule has 17 heavy (non-hydrogen) atoms. The van der Waals surface area contributed by atoms with Crippen LogP contribution in [-0.4, -0.2) is 14.6 Å². The molecule has 0 saturated heterocycles. The lowest BCUT2D eigenvalue weighted by molar-refractivity contribution is 0.950. The Labute approximate surface area is 110 Å². The van der Waals surface area contributed by atoms with Crippen LogP contribution in [0.3, 0.4) is 0 Å². The number of fused-ring (bicyclic) bond motifs is 1. The van der Waals surface area contributed by atoms with Crippen molar-refractivity contribution in [2.45, 2.75) is 6.54 Å². The van der Waals surface area contributed by atoms with Gasteiger partial charge in [-0.2, -0.15) is 4.98 Å². The van der Waals surface area contributed by atoms with E-state index in [9.17, 15) is 0 Å². The molecule has 0 fully saturated rings. The van der Waals surface area contributed by atoms with Gasteiger partial charge in [-0.05, 0) is 39.5 Å². The average molecular weight is 309 g/mol. The Morgan fingerprint density at radius 2 is 2.29 bits per heavy atom. The summed E-state index contributed by atoms with van der Waals surface area (Å²) in [6, 6.07) is 8.00. The Bertz CT molecular complexity index is 632. The first kappa shape index (κ1) is 10.7. The number of aromatic nitrogens is 3. The molecule has 0 aromatic carbocycles. The van der Waals surface area contributed by atoms with Crippen molar-refractivity contribution in [1.29, 1.82) is 0 Å². The zero-order valence-electron chi connectivity index (χ0n) is 8.80. The van der Waals surface area contributed by atoms with Gasteiger partial charge in [-0.1, -0.05) is 6.07 Å². The number of nitrogens with zero attached hydrogens (tertiary/aromatic N) is 3. The summed E-state index contributed by atoms with van der Waals surface area (Å²) in [7, 11) is 0. The van der Waals surface area contributed by atoms with Crippen molar-refractivity contribution in [2.24, 2.45) is 0 Å². The molecule has 0 unspecified atom stereocenters. The summed E-state index contributed by atoms with van der Waals surface area (Å²) in [5, 5.41) is 9.61. The zero-order chi connectivity index (χ0) is 11.7. The predicted molar refractivity (Wildman–Crippen MR) is 72.3 cm³/mol. The van der Waals surface area contributed by atoms with E-state index in [1.54, 1.807) is 15.9 Å². The summed E-state index contributed by atoms with van der Waals surface area (Å²) in [5.41, 5.74) is 0.821. The quantitative estimate of drug-likeness (QED) is 0.808. The van der Waals surface area contributed by atoms with Crippen LogP contribution in [0.5, 0.6) is 0 Å². The molecule has 3 rings (SSSR count). The molecule has 6 heteroatoms. The number of thiophene rings is 1. The highest BCUT2D eigenvalue weighted by Crippen LogP contribution is 2.17. The number of rotatable bonds is 3. The number of anilines is 1. The second-order valence-corrected chi connectivity index (χ2v) is 5.38. The second kappa shape index (κ2) is 4.46. The van der Waals surface area contributed by atoms with E-state index in [0.29, 0.717) is 5.95 Å². The van der Waals surface area contributed by atoms with Gasteiger partial charge in [-0.25, -0.2) is 4.52 Å². The molecule has 0 atom stereocenters. The Hall–Kier alpha value is -1.40. The van der Waals surface area contributed by atoms with Crippen molar-refractivity contribution in [1.82, 2.24) is 14.6 Å². The summed E-state index contributed by atoms with van der Waals surface area (Å²) in [6.45, 7) is 0.756. The largest absolute Gasteiger partial charge is 0.348 e. The van der Waals surface area contributed by atoms with Crippen LogP contribution in [0, 0.1) is 0 Å². The molecule has 0 saturated carbocycles. The van der Waals surface area contributed by atoms with Gasteiger partial charge in [0.15, 0.2) is 5.65 Å².